The molecule has 2 aromatic rings. The summed E-state index contributed by atoms with van der Waals surface area (Å²) in [6.45, 7) is 6.45. The smallest absolute Gasteiger partial charge is 0.214 e. The Labute approximate surface area is 188 Å². The Balaban J connectivity index is 1.68. The number of aromatic nitrogens is 3. The third-order valence-corrected chi connectivity index (χ3v) is 8.50. The lowest BCUT2D eigenvalue weighted by Gasteiger charge is -2.34. The molecule has 5 rings (SSSR count). The molecule has 2 fully saturated rings. The number of rotatable bonds is 5. The lowest BCUT2D eigenvalue weighted by molar-refractivity contribution is 0.0985. The van der Waals surface area contributed by atoms with Crippen LogP contribution in [0, 0.1) is 0 Å². The van der Waals surface area contributed by atoms with Crippen molar-refractivity contribution in [3.63, 3.8) is 0 Å². The number of anilines is 1. The van der Waals surface area contributed by atoms with Crippen molar-refractivity contribution >= 4 is 21.7 Å². The maximum atomic E-state index is 12.8. The third-order valence-electron chi connectivity index (χ3n) is 6.30. The van der Waals surface area contributed by atoms with Crippen molar-refractivity contribution in [1.29, 1.82) is 0 Å². The number of pyridine rings is 1. The first-order chi connectivity index (χ1) is 15.5. The zero-order chi connectivity index (χ0) is 22.3. The van der Waals surface area contributed by atoms with Gasteiger partial charge < -0.3 is 14.4 Å². The van der Waals surface area contributed by atoms with Gasteiger partial charge in [0.1, 0.15) is 11.1 Å². The van der Waals surface area contributed by atoms with Crippen LogP contribution in [-0.2, 0) is 21.0 Å². The van der Waals surface area contributed by atoms with Crippen LogP contribution in [0.15, 0.2) is 18.2 Å². The predicted octanol–water partition coefficient (Wildman–Crippen LogP) is 2.98. The summed E-state index contributed by atoms with van der Waals surface area (Å²) in [7, 11) is -3.21. The highest BCUT2D eigenvalue weighted by molar-refractivity contribution is 7.91. The molecule has 170 valence electrons. The third kappa shape index (κ3) is 3.88. The summed E-state index contributed by atoms with van der Waals surface area (Å²) in [5, 5.41) is -0.587. The second-order valence-electron chi connectivity index (χ2n) is 8.50. The molecule has 0 saturated carbocycles. The highest BCUT2D eigenvalue weighted by atomic mass is 32.2. The number of morpholine rings is 1. The van der Waals surface area contributed by atoms with E-state index in [4.69, 9.17) is 19.4 Å². The fourth-order valence-corrected chi connectivity index (χ4v) is 6.56. The summed E-state index contributed by atoms with van der Waals surface area (Å²) in [6.07, 6.45) is 6.08. The van der Waals surface area contributed by atoms with Gasteiger partial charge in [0.15, 0.2) is 15.7 Å². The van der Waals surface area contributed by atoms with Gasteiger partial charge in [-0.25, -0.2) is 23.4 Å². The predicted molar refractivity (Wildman–Crippen MR) is 123 cm³/mol. The van der Waals surface area contributed by atoms with Gasteiger partial charge in [-0.05, 0) is 26.7 Å². The Morgan fingerprint density at radius 2 is 2.12 bits per heavy atom. The number of fused-ring (bicyclic) bond motifs is 1. The lowest BCUT2D eigenvalue weighted by atomic mass is 10.1. The maximum absolute atomic E-state index is 12.8. The van der Waals surface area contributed by atoms with Crippen molar-refractivity contribution in [2.24, 2.45) is 0 Å². The van der Waals surface area contributed by atoms with Crippen LogP contribution < -0.4 is 9.64 Å². The summed E-state index contributed by atoms with van der Waals surface area (Å²) in [6, 6.07) is 3.87. The Morgan fingerprint density at radius 1 is 1.25 bits per heavy atom. The molecule has 2 aromatic heterocycles. The van der Waals surface area contributed by atoms with Crippen LogP contribution in [-0.4, -0.2) is 61.5 Å². The second-order valence-corrected chi connectivity index (χ2v) is 10.8. The average molecular weight is 457 g/mol. The number of ether oxygens (including phenoxy) is 2. The molecule has 9 heteroatoms. The van der Waals surface area contributed by atoms with E-state index in [1.165, 1.54) is 0 Å². The monoisotopic (exact) mass is 456 g/mol. The summed E-state index contributed by atoms with van der Waals surface area (Å²) in [5.74, 6) is 2.01. The Bertz CT molecular complexity index is 1160. The minimum atomic E-state index is -3.21. The molecular weight excluding hydrogens is 428 g/mol. The van der Waals surface area contributed by atoms with Gasteiger partial charge in [0.05, 0.1) is 43.0 Å². The first-order valence-electron chi connectivity index (χ1n) is 11.2. The average Bonchev–Trinajstić information content (AvgIpc) is 3.39. The van der Waals surface area contributed by atoms with Crippen molar-refractivity contribution in [1.82, 2.24) is 15.0 Å². The Hall–Kier alpha value is -2.52. The lowest BCUT2D eigenvalue weighted by Crippen LogP contribution is -2.44. The minimum absolute atomic E-state index is 0.140. The summed E-state index contributed by atoms with van der Waals surface area (Å²) in [5.41, 5.74) is 3.30. The zero-order valence-corrected chi connectivity index (χ0v) is 19.3. The Kier molecular flexibility index (Phi) is 5.63. The van der Waals surface area contributed by atoms with Crippen LogP contribution in [0.4, 0.5) is 5.82 Å². The summed E-state index contributed by atoms with van der Waals surface area (Å²) >= 11 is 0. The molecule has 2 saturated heterocycles. The number of allylic oxidation sites excluding steroid dienone is 1. The quantitative estimate of drug-likeness (QED) is 0.678. The molecule has 2 aliphatic heterocycles. The first kappa shape index (κ1) is 21.3. The van der Waals surface area contributed by atoms with Gasteiger partial charge in [-0.3, -0.25) is 0 Å². The molecule has 4 heterocycles. The van der Waals surface area contributed by atoms with Crippen molar-refractivity contribution in [3.8, 4) is 17.3 Å². The minimum Gasteiger partial charge on any atom is -0.478 e. The standard InChI is InChI=1S/C23H28N4O4S/c1-3-31-22-12-17(16-6-4-7-18(16)24-22)23-25-19(20-8-5-11-32(20,28)29)13-21(26-23)27-9-10-30-14-15(27)2/h4,6,12-13,15,20H,3,5,7-11,14H2,1-2H3/t15-,20+/m1/s1. The fourth-order valence-electron chi connectivity index (χ4n) is 4.70. The van der Waals surface area contributed by atoms with Gasteiger partial charge in [0.2, 0.25) is 5.88 Å². The van der Waals surface area contributed by atoms with E-state index in [-0.39, 0.29) is 11.8 Å². The molecule has 0 aromatic carbocycles. The molecule has 8 nitrogen and oxygen atoms in total. The first-order valence-corrected chi connectivity index (χ1v) is 13.0. The molecule has 0 radical (unpaired) electrons. The number of hydrogen-bond acceptors (Lipinski definition) is 8. The molecule has 0 unspecified atom stereocenters. The molecule has 32 heavy (non-hydrogen) atoms. The van der Waals surface area contributed by atoms with E-state index in [0.717, 1.165) is 29.1 Å². The highest BCUT2D eigenvalue weighted by Gasteiger charge is 2.35. The van der Waals surface area contributed by atoms with E-state index in [1.807, 2.05) is 25.1 Å². The van der Waals surface area contributed by atoms with Gasteiger partial charge in [0.25, 0.3) is 0 Å². The van der Waals surface area contributed by atoms with Crippen molar-refractivity contribution < 1.29 is 17.9 Å². The normalized spacial score (nSPS) is 24.0. The topological polar surface area (TPSA) is 94.5 Å². The van der Waals surface area contributed by atoms with Crippen LogP contribution in [0.5, 0.6) is 5.88 Å². The molecule has 3 aliphatic rings. The summed E-state index contributed by atoms with van der Waals surface area (Å²) in [4.78, 5) is 16.5. The van der Waals surface area contributed by atoms with Gasteiger partial charge in [0, 0.05) is 36.2 Å². The molecule has 0 spiro atoms. The van der Waals surface area contributed by atoms with Crippen molar-refractivity contribution in [2.75, 3.05) is 37.0 Å². The van der Waals surface area contributed by atoms with Gasteiger partial charge in [-0.2, -0.15) is 0 Å². The molecular formula is C23H28N4O4S. The zero-order valence-electron chi connectivity index (χ0n) is 18.5. The Morgan fingerprint density at radius 3 is 2.88 bits per heavy atom. The van der Waals surface area contributed by atoms with E-state index in [0.29, 0.717) is 56.6 Å². The van der Waals surface area contributed by atoms with Crippen molar-refractivity contribution in [3.05, 3.63) is 35.2 Å². The molecule has 0 bridgehead atoms. The SMILES string of the molecule is CCOc1cc(-c2nc([C@@H]3CCCS3(=O)=O)cc(N3CCOC[C@H]3C)n2)c2c(n1)CC=C2. The molecule has 1 aliphatic carbocycles. The molecule has 0 N–H and O–H groups in total. The van der Waals surface area contributed by atoms with Gasteiger partial charge in [-0.15, -0.1) is 0 Å². The van der Waals surface area contributed by atoms with E-state index < -0.39 is 15.1 Å². The van der Waals surface area contributed by atoms with Crippen LogP contribution in [0.25, 0.3) is 17.5 Å². The fraction of sp³-hybridized carbons (Fsp3) is 0.522. The summed E-state index contributed by atoms with van der Waals surface area (Å²) < 4.78 is 36.8. The van der Waals surface area contributed by atoms with E-state index in [9.17, 15) is 8.42 Å². The molecule has 0 amide bonds. The van der Waals surface area contributed by atoms with Gasteiger partial charge >= 0.3 is 0 Å². The van der Waals surface area contributed by atoms with E-state index in [2.05, 4.69) is 22.9 Å². The van der Waals surface area contributed by atoms with E-state index >= 15 is 0 Å². The van der Waals surface area contributed by atoms with Crippen LogP contribution in [0.2, 0.25) is 0 Å². The van der Waals surface area contributed by atoms with Crippen LogP contribution in [0.3, 0.4) is 0 Å². The number of nitrogens with zero attached hydrogens (tertiary/aromatic N) is 4. The number of hydrogen-bond donors (Lipinski definition) is 0. The number of sulfone groups is 1. The van der Waals surface area contributed by atoms with Crippen molar-refractivity contribution in [2.45, 2.75) is 44.4 Å². The highest BCUT2D eigenvalue weighted by Crippen LogP contribution is 2.38. The van der Waals surface area contributed by atoms with E-state index in [1.54, 1.807) is 0 Å². The van der Waals surface area contributed by atoms with Gasteiger partial charge in [-0.1, -0.05) is 12.2 Å². The largest absolute Gasteiger partial charge is 0.478 e. The second kappa shape index (κ2) is 8.44. The van der Waals surface area contributed by atoms with Crippen LogP contribution >= 0.6 is 0 Å². The van der Waals surface area contributed by atoms with Crippen LogP contribution in [0.1, 0.15) is 48.9 Å². The maximum Gasteiger partial charge on any atom is 0.214 e. The molecule has 2 atom stereocenters.